The van der Waals surface area contributed by atoms with Crippen LogP contribution in [0.2, 0.25) is 0 Å². The highest BCUT2D eigenvalue weighted by atomic mass is 32.2. The van der Waals surface area contributed by atoms with Gasteiger partial charge in [0.2, 0.25) is 0 Å². The van der Waals surface area contributed by atoms with Crippen molar-refractivity contribution in [1.29, 1.82) is 10.5 Å². The average Bonchev–Trinajstić information content (AvgIpc) is 2.09. The van der Waals surface area contributed by atoms with Crippen LogP contribution in [0.1, 0.15) is 0 Å². The van der Waals surface area contributed by atoms with E-state index in [-0.39, 0.29) is 0 Å². The number of hydrogen-bond donors (Lipinski definition) is 0. The molecule has 3 nitrogen and oxygen atoms in total. The number of rotatable bonds is 1. The van der Waals surface area contributed by atoms with Crippen LogP contribution in [0.15, 0.2) is 0 Å². The molecule has 4 heteroatoms. The normalized spacial score (nSPS) is 19.2. The van der Waals surface area contributed by atoms with Gasteiger partial charge in [0.15, 0.2) is 6.04 Å². The van der Waals surface area contributed by atoms with E-state index >= 15 is 0 Å². The topological polar surface area (TPSA) is 50.8 Å². The van der Waals surface area contributed by atoms with E-state index in [9.17, 15) is 0 Å². The first-order chi connectivity index (χ1) is 5.38. The molecule has 1 aliphatic heterocycles. The number of nitriles is 2. The van der Waals surface area contributed by atoms with Crippen molar-refractivity contribution in [3.8, 4) is 12.1 Å². The SMILES string of the molecule is N#CC(C#N)N1CCSCC1. The molecule has 0 N–H and O–H groups in total. The average molecular weight is 167 g/mol. The molecule has 0 aromatic carbocycles. The van der Waals surface area contributed by atoms with Crippen molar-refractivity contribution in [3.05, 3.63) is 0 Å². The second-order valence-electron chi connectivity index (χ2n) is 2.31. The first kappa shape index (κ1) is 8.39. The molecule has 1 heterocycles. The van der Waals surface area contributed by atoms with Gasteiger partial charge in [0.1, 0.15) is 0 Å². The standard InChI is InChI=1S/C7H9N3S/c8-5-7(6-9)10-1-3-11-4-2-10/h7H,1-4H2. The van der Waals surface area contributed by atoms with Crippen LogP contribution in [0.3, 0.4) is 0 Å². The van der Waals surface area contributed by atoms with Crippen LogP contribution in [0.25, 0.3) is 0 Å². The molecule has 0 aromatic rings. The van der Waals surface area contributed by atoms with E-state index in [4.69, 9.17) is 10.5 Å². The van der Waals surface area contributed by atoms with Crippen LogP contribution in [0, 0.1) is 22.7 Å². The van der Waals surface area contributed by atoms with Crippen LogP contribution in [0.4, 0.5) is 0 Å². The van der Waals surface area contributed by atoms with Gasteiger partial charge in [0.05, 0.1) is 12.1 Å². The summed E-state index contributed by atoms with van der Waals surface area (Å²) in [6.07, 6.45) is 0. The first-order valence-electron chi connectivity index (χ1n) is 3.49. The van der Waals surface area contributed by atoms with Gasteiger partial charge in [0.25, 0.3) is 0 Å². The van der Waals surface area contributed by atoms with Gasteiger partial charge in [-0.1, -0.05) is 0 Å². The lowest BCUT2D eigenvalue weighted by atomic mass is 10.3. The summed E-state index contributed by atoms with van der Waals surface area (Å²) in [6, 6.07) is 3.42. The van der Waals surface area contributed by atoms with Gasteiger partial charge in [-0.05, 0) is 0 Å². The third-order valence-electron chi connectivity index (χ3n) is 1.66. The molecule has 0 atom stereocenters. The van der Waals surface area contributed by atoms with Crippen molar-refractivity contribution < 1.29 is 0 Å². The summed E-state index contributed by atoms with van der Waals surface area (Å²) in [6.45, 7) is 1.74. The zero-order valence-electron chi connectivity index (χ0n) is 6.16. The molecule has 0 unspecified atom stereocenters. The lowest BCUT2D eigenvalue weighted by Crippen LogP contribution is -2.39. The molecule has 1 saturated heterocycles. The number of hydrogen-bond acceptors (Lipinski definition) is 4. The minimum atomic E-state index is -0.532. The van der Waals surface area contributed by atoms with Crippen LogP contribution in [-0.4, -0.2) is 35.5 Å². The quantitative estimate of drug-likeness (QED) is 0.569. The van der Waals surface area contributed by atoms with E-state index in [1.54, 1.807) is 0 Å². The fraction of sp³-hybridized carbons (Fsp3) is 0.714. The Labute approximate surface area is 70.6 Å². The Morgan fingerprint density at radius 2 is 1.73 bits per heavy atom. The monoisotopic (exact) mass is 167 g/mol. The molecule has 0 spiro atoms. The van der Waals surface area contributed by atoms with Gasteiger partial charge in [-0.3, -0.25) is 4.90 Å². The molecule has 0 bridgehead atoms. The third-order valence-corrected chi connectivity index (χ3v) is 2.60. The summed E-state index contributed by atoms with van der Waals surface area (Å²) in [7, 11) is 0. The van der Waals surface area contributed by atoms with E-state index in [2.05, 4.69) is 0 Å². The smallest absolute Gasteiger partial charge is 0.186 e. The number of thioether (sulfide) groups is 1. The van der Waals surface area contributed by atoms with Crippen molar-refractivity contribution in [2.45, 2.75) is 6.04 Å². The van der Waals surface area contributed by atoms with Crippen LogP contribution >= 0.6 is 11.8 Å². The molecule has 0 saturated carbocycles. The Bertz CT molecular complexity index is 183. The lowest BCUT2D eigenvalue weighted by Gasteiger charge is -2.26. The minimum absolute atomic E-state index is 0.532. The molecule has 1 aliphatic rings. The maximum Gasteiger partial charge on any atom is 0.186 e. The predicted octanol–water partition coefficient (Wildman–Crippen LogP) is 0.451. The highest BCUT2D eigenvalue weighted by Gasteiger charge is 2.19. The van der Waals surface area contributed by atoms with Crippen molar-refractivity contribution in [3.63, 3.8) is 0 Å². The van der Waals surface area contributed by atoms with Gasteiger partial charge in [-0.25, -0.2) is 0 Å². The molecule has 1 rings (SSSR count). The first-order valence-corrected chi connectivity index (χ1v) is 4.65. The van der Waals surface area contributed by atoms with Crippen molar-refractivity contribution in [2.24, 2.45) is 0 Å². The molecule has 11 heavy (non-hydrogen) atoms. The summed E-state index contributed by atoms with van der Waals surface area (Å²) < 4.78 is 0. The van der Waals surface area contributed by atoms with Crippen LogP contribution < -0.4 is 0 Å². The Hall–Kier alpha value is -0.710. The van der Waals surface area contributed by atoms with Crippen molar-refractivity contribution in [2.75, 3.05) is 24.6 Å². The Morgan fingerprint density at radius 3 is 2.18 bits per heavy atom. The van der Waals surface area contributed by atoms with E-state index in [0.29, 0.717) is 0 Å². The molecule has 0 aromatic heterocycles. The molecule has 58 valence electrons. The highest BCUT2D eigenvalue weighted by molar-refractivity contribution is 7.99. The van der Waals surface area contributed by atoms with Gasteiger partial charge < -0.3 is 0 Å². The van der Waals surface area contributed by atoms with Crippen molar-refractivity contribution >= 4 is 11.8 Å². The predicted molar refractivity (Wildman–Crippen MR) is 43.9 cm³/mol. The van der Waals surface area contributed by atoms with E-state index in [1.807, 2.05) is 28.8 Å². The van der Waals surface area contributed by atoms with Gasteiger partial charge >= 0.3 is 0 Å². The second-order valence-corrected chi connectivity index (χ2v) is 3.53. The summed E-state index contributed by atoms with van der Waals surface area (Å²) in [5.74, 6) is 2.08. The summed E-state index contributed by atoms with van der Waals surface area (Å²) in [5.41, 5.74) is 0. The maximum atomic E-state index is 8.56. The fourth-order valence-corrected chi connectivity index (χ4v) is 1.96. The zero-order chi connectivity index (χ0) is 8.10. The Balaban J connectivity index is 2.46. The van der Waals surface area contributed by atoms with E-state index in [1.165, 1.54) is 0 Å². The van der Waals surface area contributed by atoms with Gasteiger partial charge in [0, 0.05) is 24.6 Å². The van der Waals surface area contributed by atoms with E-state index < -0.39 is 6.04 Å². The fourth-order valence-electron chi connectivity index (χ4n) is 1.03. The van der Waals surface area contributed by atoms with Gasteiger partial charge in [-0.2, -0.15) is 22.3 Å². The molecular weight excluding hydrogens is 158 g/mol. The molecule has 0 radical (unpaired) electrons. The Kier molecular flexibility index (Phi) is 3.22. The maximum absolute atomic E-state index is 8.56. The molecule has 1 fully saturated rings. The summed E-state index contributed by atoms with van der Waals surface area (Å²) >= 11 is 1.88. The summed E-state index contributed by atoms with van der Waals surface area (Å²) in [5, 5.41) is 17.1. The van der Waals surface area contributed by atoms with Crippen molar-refractivity contribution in [1.82, 2.24) is 4.90 Å². The Morgan fingerprint density at radius 1 is 1.18 bits per heavy atom. The summed E-state index contributed by atoms with van der Waals surface area (Å²) in [4.78, 5) is 1.93. The van der Waals surface area contributed by atoms with Gasteiger partial charge in [-0.15, -0.1) is 0 Å². The van der Waals surface area contributed by atoms with Crippen LogP contribution in [-0.2, 0) is 0 Å². The third kappa shape index (κ3) is 2.11. The molecule has 0 amide bonds. The lowest BCUT2D eigenvalue weighted by molar-refractivity contribution is 0.296. The molecular formula is C7H9N3S. The highest BCUT2D eigenvalue weighted by Crippen LogP contribution is 2.11. The minimum Gasteiger partial charge on any atom is -0.275 e. The molecule has 0 aliphatic carbocycles. The van der Waals surface area contributed by atoms with E-state index in [0.717, 1.165) is 24.6 Å². The van der Waals surface area contributed by atoms with Crippen LogP contribution in [0.5, 0.6) is 0 Å². The largest absolute Gasteiger partial charge is 0.275 e. The second kappa shape index (κ2) is 4.23. The number of nitrogens with zero attached hydrogens (tertiary/aromatic N) is 3. The zero-order valence-corrected chi connectivity index (χ0v) is 6.97.